The SMILES string of the molecule is O=C1NC(=O)N(c2ccc(I)cc2)C(=O)[C@@H]1C=Nc1ccccc1. The summed E-state index contributed by atoms with van der Waals surface area (Å²) in [6.45, 7) is 0. The zero-order chi connectivity index (χ0) is 17.1. The van der Waals surface area contributed by atoms with Crippen molar-refractivity contribution >= 4 is 58.0 Å². The van der Waals surface area contributed by atoms with Gasteiger partial charge >= 0.3 is 6.03 Å². The molecule has 0 unspecified atom stereocenters. The van der Waals surface area contributed by atoms with Crippen molar-refractivity contribution < 1.29 is 14.4 Å². The molecule has 0 aliphatic carbocycles. The fourth-order valence-corrected chi connectivity index (χ4v) is 2.59. The van der Waals surface area contributed by atoms with Gasteiger partial charge in [-0.25, -0.2) is 9.69 Å². The molecule has 0 bridgehead atoms. The van der Waals surface area contributed by atoms with Crippen molar-refractivity contribution in [2.45, 2.75) is 0 Å². The molecule has 1 aliphatic rings. The van der Waals surface area contributed by atoms with E-state index in [0.29, 0.717) is 11.4 Å². The highest BCUT2D eigenvalue weighted by atomic mass is 127. The van der Waals surface area contributed by atoms with Gasteiger partial charge < -0.3 is 0 Å². The molecule has 6 nitrogen and oxygen atoms in total. The molecule has 2 aromatic rings. The van der Waals surface area contributed by atoms with Gasteiger partial charge in [0.15, 0.2) is 5.92 Å². The Hall–Kier alpha value is -2.55. The number of amides is 4. The number of carbonyl (C=O) groups excluding carboxylic acids is 3. The summed E-state index contributed by atoms with van der Waals surface area (Å²) in [6, 6.07) is 15.1. The summed E-state index contributed by atoms with van der Waals surface area (Å²) < 4.78 is 0.972. The standard InChI is InChI=1S/C17H12IN3O3/c18-11-6-8-13(9-7-11)21-16(23)14(15(22)20-17(21)24)10-19-12-4-2-1-3-5-12/h1-10,14H,(H,20,22,24)/t14-/m1/s1. The van der Waals surface area contributed by atoms with Gasteiger partial charge in [0.25, 0.3) is 5.91 Å². The third-order valence-electron chi connectivity index (χ3n) is 3.42. The monoisotopic (exact) mass is 433 g/mol. The number of para-hydroxylation sites is 1. The molecule has 1 heterocycles. The fraction of sp³-hybridized carbons (Fsp3) is 0.0588. The zero-order valence-electron chi connectivity index (χ0n) is 12.3. The van der Waals surface area contributed by atoms with Crippen LogP contribution in [-0.2, 0) is 9.59 Å². The number of benzene rings is 2. The van der Waals surface area contributed by atoms with Crippen LogP contribution in [0.25, 0.3) is 0 Å². The topological polar surface area (TPSA) is 78.8 Å². The third kappa shape index (κ3) is 3.35. The number of anilines is 1. The van der Waals surface area contributed by atoms with Crippen LogP contribution in [0.5, 0.6) is 0 Å². The number of urea groups is 1. The van der Waals surface area contributed by atoms with E-state index in [9.17, 15) is 14.4 Å². The average Bonchev–Trinajstić information content (AvgIpc) is 2.57. The maximum Gasteiger partial charge on any atom is 0.335 e. The quantitative estimate of drug-likeness (QED) is 0.460. The molecule has 0 saturated carbocycles. The van der Waals surface area contributed by atoms with Crippen LogP contribution in [-0.4, -0.2) is 24.1 Å². The number of halogens is 1. The van der Waals surface area contributed by atoms with Crippen molar-refractivity contribution in [1.29, 1.82) is 0 Å². The van der Waals surface area contributed by atoms with Gasteiger partial charge in [0, 0.05) is 9.78 Å². The first kappa shape index (κ1) is 16.3. The van der Waals surface area contributed by atoms with Gasteiger partial charge in [-0.2, -0.15) is 0 Å². The van der Waals surface area contributed by atoms with E-state index in [1.165, 1.54) is 6.21 Å². The predicted molar refractivity (Wildman–Crippen MR) is 98.3 cm³/mol. The minimum atomic E-state index is -1.15. The lowest BCUT2D eigenvalue weighted by atomic mass is 10.1. The molecule has 0 aromatic heterocycles. The van der Waals surface area contributed by atoms with Crippen LogP contribution in [0.4, 0.5) is 16.2 Å². The molecule has 4 amide bonds. The van der Waals surface area contributed by atoms with Gasteiger partial charge in [-0.3, -0.25) is 19.9 Å². The molecule has 1 saturated heterocycles. The summed E-state index contributed by atoms with van der Waals surface area (Å²) in [7, 11) is 0. The molecule has 120 valence electrons. The second-order valence-electron chi connectivity index (χ2n) is 5.04. The Balaban J connectivity index is 1.88. The Morgan fingerprint density at radius 3 is 2.33 bits per heavy atom. The maximum absolute atomic E-state index is 12.6. The minimum Gasteiger partial charge on any atom is -0.276 e. The molecule has 1 aliphatic heterocycles. The van der Waals surface area contributed by atoms with Gasteiger partial charge in [-0.15, -0.1) is 0 Å². The van der Waals surface area contributed by atoms with Crippen LogP contribution in [0.2, 0.25) is 0 Å². The summed E-state index contributed by atoms with van der Waals surface area (Å²) in [5, 5.41) is 2.19. The van der Waals surface area contributed by atoms with E-state index in [1.54, 1.807) is 48.5 Å². The Morgan fingerprint density at radius 1 is 1.00 bits per heavy atom. The van der Waals surface area contributed by atoms with Crippen molar-refractivity contribution in [3.63, 3.8) is 0 Å². The van der Waals surface area contributed by atoms with Crippen molar-refractivity contribution in [2.24, 2.45) is 10.9 Å². The molecular weight excluding hydrogens is 421 g/mol. The van der Waals surface area contributed by atoms with E-state index in [0.717, 1.165) is 8.47 Å². The Labute approximate surface area is 151 Å². The summed E-state index contributed by atoms with van der Waals surface area (Å²) in [5.74, 6) is -2.45. The van der Waals surface area contributed by atoms with E-state index in [2.05, 4.69) is 32.9 Å². The molecule has 7 heteroatoms. The van der Waals surface area contributed by atoms with Crippen LogP contribution < -0.4 is 10.2 Å². The Bertz CT molecular complexity index is 819. The normalized spacial score (nSPS) is 18.1. The van der Waals surface area contributed by atoms with E-state index >= 15 is 0 Å². The number of nitrogens with zero attached hydrogens (tertiary/aromatic N) is 2. The van der Waals surface area contributed by atoms with E-state index < -0.39 is 23.8 Å². The number of rotatable bonds is 3. The molecule has 0 spiro atoms. The zero-order valence-corrected chi connectivity index (χ0v) is 14.5. The lowest BCUT2D eigenvalue weighted by Gasteiger charge is -2.28. The highest BCUT2D eigenvalue weighted by molar-refractivity contribution is 14.1. The molecule has 1 N–H and O–H groups in total. The van der Waals surface area contributed by atoms with Gasteiger partial charge in [-0.1, -0.05) is 18.2 Å². The highest BCUT2D eigenvalue weighted by Crippen LogP contribution is 2.22. The molecule has 3 rings (SSSR count). The van der Waals surface area contributed by atoms with Crippen molar-refractivity contribution in [3.8, 4) is 0 Å². The number of hydrogen-bond donors (Lipinski definition) is 1. The first-order valence-electron chi connectivity index (χ1n) is 7.10. The summed E-state index contributed by atoms with van der Waals surface area (Å²) >= 11 is 2.13. The number of carbonyl (C=O) groups is 3. The maximum atomic E-state index is 12.6. The van der Waals surface area contributed by atoms with E-state index in [1.807, 2.05) is 6.07 Å². The minimum absolute atomic E-state index is 0.406. The number of nitrogens with one attached hydrogen (secondary N) is 1. The van der Waals surface area contributed by atoms with Gasteiger partial charge in [0.1, 0.15) is 0 Å². The van der Waals surface area contributed by atoms with E-state index in [-0.39, 0.29) is 0 Å². The molecule has 0 radical (unpaired) electrons. The smallest absolute Gasteiger partial charge is 0.276 e. The first-order chi connectivity index (χ1) is 11.6. The Morgan fingerprint density at radius 2 is 1.67 bits per heavy atom. The van der Waals surface area contributed by atoms with Crippen LogP contribution >= 0.6 is 22.6 Å². The lowest BCUT2D eigenvalue weighted by Crippen LogP contribution is -2.58. The first-order valence-corrected chi connectivity index (χ1v) is 8.18. The second-order valence-corrected chi connectivity index (χ2v) is 6.28. The molecule has 2 aromatic carbocycles. The van der Waals surface area contributed by atoms with Crippen LogP contribution in [0.3, 0.4) is 0 Å². The third-order valence-corrected chi connectivity index (χ3v) is 4.13. The molecule has 1 fully saturated rings. The van der Waals surface area contributed by atoms with Crippen molar-refractivity contribution in [3.05, 3.63) is 58.2 Å². The molecular formula is C17H12IN3O3. The Kier molecular flexibility index (Phi) is 4.70. The van der Waals surface area contributed by atoms with Crippen molar-refractivity contribution in [1.82, 2.24) is 5.32 Å². The lowest BCUT2D eigenvalue weighted by molar-refractivity contribution is -0.131. The molecule has 24 heavy (non-hydrogen) atoms. The van der Waals surface area contributed by atoms with Gasteiger partial charge in [0.2, 0.25) is 5.91 Å². The largest absolute Gasteiger partial charge is 0.335 e. The van der Waals surface area contributed by atoms with Crippen LogP contribution in [0.15, 0.2) is 59.6 Å². The summed E-state index contributed by atoms with van der Waals surface area (Å²) in [5.41, 5.74) is 1.03. The number of hydrogen-bond acceptors (Lipinski definition) is 4. The van der Waals surface area contributed by atoms with Crippen LogP contribution in [0.1, 0.15) is 0 Å². The number of barbiturate groups is 1. The molecule has 1 atom stereocenters. The van der Waals surface area contributed by atoms with Crippen molar-refractivity contribution in [2.75, 3.05) is 4.90 Å². The second kappa shape index (κ2) is 6.91. The highest BCUT2D eigenvalue weighted by Gasteiger charge is 2.40. The van der Waals surface area contributed by atoms with Gasteiger partial charge in [-0.05, 0) is 59.0 Å². The van der Waals surface area contributed by atoms with Gasteiger partial charge in [0.05, 0.1) is 11.4 Å². The fourth-order valence-electron chi connectivity index (χ4n) is 2.23. The average molecular weight is 433 g/mol. The summed E-state index contributed by atoms with van der Waals surface area (Å²) in [6.07, 6.45) is 1.26. The summed E-state index contributed by atoms with van der Waals surface area (Å²) in [4.78, 5) is 41.8. The van der Waals surface area contributed by atoms with Crippen LogP contribution in [0, 0.1) is 9.49 Å². The number of aliphatic imine (C=N–C) groups is 1. The number of imide groups is 2. The predicted octanol–water partition coefficient (Wildman–Crippen LogP) is 2.89. The van der Waals surface area contributed by atoms with E-state index in [4.69, 9.17) is 0 Å².